The van der Waals surface area contributed by atoms with Crippen LogP contribution in [-0.2, 0) is 4.79 Å². The molecule has 0 bridgehead atoms. The van der Waals surface area contributed by atoms with Gasteiger partial charge >= 0.3 is 5.97 Å². The van der Waals surface area contributed by atoms with Crippen LogP contribution in [0.5, 0.6) is 0 Å². The molecular weight excluding hydrogens is 156 g/mol. The van der Waals surface area contributed by atoms with E-state index in [1.165, 1.54) is 7.05 Å². The van der Waals surface area contributed by atoms with Gasteiger partial charge in [0.1, 0.15) is 6.04 Å². The van der Waals surface area contributed by atoms with Crippen LogP contribution in [-0.4, -0.2) is 41.5 Å². The number of nitrogens with zero attached hydrogens (tertiary/aromatic N) is 1. The summed E-state index contributed by atoms with van der Waals surface area (Å²) in [6.45, 7) is -0.454. The van der Waals surface area contributed by atoms with Crippen molar-refractivity contribution in [1.82, 2.24) is 4.90 Å². The fraction of sp³-hybridized carbons (Fsp3) is 0.833. The first-order valence-corrected chi connectivity index (χ1v) is 3.23. The summed E-state index contributed by atoms with van der Waals surface area (Å²) in [6.07, 6.45) is -0.571. The van der Waals surface area contributed by atoms with Gasteiger partial charge in [-0.15, -0.1) is 0 Å². The normalized spacial score (nSPS) is 30.6. The van der Waals surface area contributed by atoms with E-state index in [0.29, 0.717) is 0 Å². The zero-order valence-corrected chi connectivity index (χ0v) is 6.05. The summed E-state index contributed by atoms with van der Waals surface area (Å²) in [6, 6.07) is -1.02. The molecule has 0 saturated carbocycles. The van der Waals surface area contributed by atoms with Crippen LogP contribution >= 0.6 is 0 Å². The van der Waals surface area contributed by atoms with Crippen LogP contribution in [0, 0.1) is 0 Å². The summed E-state index contributed by atoms with van der Waals surface area (Å²) < 4.78 is 25.0. The molecule has 1 atom stereocenters. The van der Waals surface area contributed by atoms with Crippen molar-refractivity contribution in [2.24, 2.45) is 0 Å². The molecule has 0 aliphatic carbocycles. The van der Waals surface area contributed by atoms with Crippen LogP contribution in [0.25, 0.3) is 0 Å². The van der Waals surface area contributed by atoms with Crippen molar-refractivity contribution < 1.29 is 18.7 Å². The van der Waals surface area contributed by atoms with E-state index < -0.39 is 30.9 Å². The molecule has 0 aromatic carbocycles. The lowest BCUT2D eigenvalue weighted by Crippen LogP contribution is -2.32. The lowest BCUT2D eigenvalue weighted by atomic mass is 10.2. The van der Waals surface area contributed by atoms with Crippen LogP contribution < -0.4 is 0 Å². The number of aliphatic carboxylic acids is 1. The van der Waals surface area contributed by atoms with E-state index in [4.69, 9.17) is 5.11 Å². The third-order valence-electron chi connectivity index (χ3n) is 1.79. The molecule has 0 unspecified atom stereocenters. The SMILES string of the molecule is CN1CC(F)(F)C[C@@H]1C(=O)O. The van der Waals surface area contributed by atoms with Crippen molar-refractivity contribution in [3.8, 4) is 0 Å². The molecule has 1 aliphatic heterocycles. The molecule has 1 aliphatic rings. The molecule has 1 heterocycles. The van der Waals surface area contributed by atoms with Crippen molar-refractivity contribution >= 4 is 5.97 Å². The fourth-order valence-corrected chi connectivity index (χ4v) is 1.25. The first-order valence-electron chi connectivity index (χ1n) is 3.23. The molecule has 5 heteroatoms. The number of rotatable bonds is 1. The Labute approximate surface area is 62.6 Å². The van der Waals surface area contributed by atoms with E-state index in [1.54, 1.807) is 0 Å². The van der Waals surface area contributed by atoms with Gasteiger partial charge in [0, 0.05) is 6.42 Å². The highest BCUT2D eigenvalue weighted by molar-refractivity contribution is 5.74. The Morgan fingerprint density at radius 2 is 2.27 bits per heavy atom. The summed E-state index contributed by atoms with van der Waals surface area (Å²) in [7, 11) is 1.39. The highest BCUT2D eigenvalue weighted by atomic mass is 19.3. The zero-order chi connectivity index (χ0) is 8.65. The Hall–Kier alpha value is -0.710. The molecule has 0 aromatic rings. The highest BCUT2D eigenvalue weighted by Gasteiger charge is 2.46. The number of alkyl halides is 2. The summed E-state index contributed by atoms with van der Waals surface area (Å²) in [5.74, 6) is -4.01. The Morgan fingerprint density at radius 3 is 2.45 bits per heavy atom. The number of carbonyl (C=O) groups is 1. The predicted octanol–water partition coefficient (Wildman–Crippen LogP) is 0.410. The Kier molecular flexibility index (Phi) is 1.83. The lowest BCUT2D eigenvalue weighted by molar-refractivity contribution is -0.141. The molecule has 0 radical (unpaired) electrons. The average Bonchev–Trinajstić information content (AvgIpc) is 2.05. The van der Waals surface area contributed by atoms with Crippen LogP contribution in [0.2, 0.25) is 0 Å². The van der Waals surface area contributed by atoms with Gasteiger partial charge in [0.15, 0.2) is 0 Å². The lowest BCUT2D eigenvalue weighted by Gasteiger charge is -2.12. The molecule has 0 amide bonds. The van der Waals surface area contributed by atoms with Crippen molar-refractivity contribution in [2.75, 3.05) is 13.6 Å². The molecule has 1 fully saturated rings. The number of hydrogen-bond donors (Lipinski definition) is 1. The molecular formula is C6H9F2NO2. The van der Waals surface area contributed by atoms with E-state index >= 15 is 0 Å². The van der Waals surface area contributed by atoms with E-state index in [-0.39, 0.29) is 0 Å². The van der Waals surface area contributed by atoms with Gasteiger partial charge in [-0.25, -0.2) is 8.78 Å². The number of hydrogen-bond acceptors (Lipinski definition) is 2. The molecule has 1 N–H and O–H groups in total. The van der Waals surface area contributed by atoms with Gasteiger partial charge in [0.05, 0.1) is 6.54 Å². The third kappa shape index (κ3) is 1.65. The summed E-state index contributed by atoms with van der Waals surface area (Å²) >= 11 is 0. The smallest absolute Gasteiger partial charge is 0.321 e. The third-order valence-corrected chi connectivity index (χ3v) is 1.79. The molecule has 11 heavy (non-hydrogen) atoms. The Bertz CT molecular complexity index is 183. The Balaban J connectivity index is 2.66. The van der Waals surface area contributed by atoms with E-state index in [0.717, 1.165) is 4.90 Å². The fourth-order valence-electron chi connectivity index (χ4n) is 1.25. The molecule has 1 saturated heterocycles. The minimum Gasteiger partial charge on any atom is -0.480 e. The maximum absolute atomic E-state index is 12.5. The second-order valence-electron chi connectivity index (χ2n) is 2.83. The second-order valence-corrected chi connectivity index (χ2v) is 2.83. The van der Waals surface area contributed by atoms with Gasteiger partial charge in [-0.3, -0.25) is 9.69 Å². The monoisotopic (exact) mass is 165 g/mol. The quantitative estimate of drug-likeness (QED) is 0.611. The first-order chi connectivity index (χ1) is 4.92. The highest BCUT2D eigenvalue weighted by Crippen LogP contribution is 2.30. The summed E-state index contributed by atoms with van der Waals surface area (Å²) in [5.41, 5.74) is 0. The van der Waals surface area contributed by atoms with Crippen LogP contribution in [0.15, 0.2) is 0 Å². The van der Waals surface area contributed by atoms with Crippen LogP contribution in [0.3, 0.4) is 0 Å². The van der Waals surface area contributed by atoms with Crippen molar-refractivity contribution in [2.45, 2.75) is 18.4 Å². The number of carboxylic acid groups (broad SMARTS) is 1. The summed E-state index contributed by atoms with van der Waals surface area (Å²) in [4.78, 5) is 11.5. The number of carboxylic acids is 1. The van der Waals surface area contributed by atoms with Gasteiger partial charge in [-0.2, -0.15) is 0 Å². The van der Waals surface area contributed by atoms with Crippen molar-refractivity contribution in [1.29, 1.82) is 0 Å². The van der Waals surface area contributed by atoms with E-state index in [2.05, 4.69) is 0 Å². The number of halogens is 2. The Morgan fingerprint density at radius 1 is 1.73 bits per heavy atom. The van der Waals surface area contributed by atoms with E-state index in [1.807, 2.05) is 0 Å². The first kappa shape index (κ1) is 8.39. The van der Waals surface area contributed by atoms with Crippen LogP contribution in [0.1, 0.15) is 6.42 Å². The van der Waals surface area contributed by atoms with Gasteiger partial charge in [0.25, 0.3) is 5.92 Å². The average molecular weight is 165 g/mol. The maximum atomic E-state index is 12.5. The molecule has 64 valence electrons. The minimum atomic E-state index is -2.84. The zero-order valence-electron chi connectivity index (χ0n) is 6.05. The van der Waals surface area contributed by atoms with Gasteiger partial charge in [-0.1, -0.05) is 0 Å². The number of likely N-dealkylation sites (tertiary alicyclic amines) is 1. The largest absolute Gasteiger partial charge is 0.480 e. The van der Waals surface area contributed by atoms with Gasteiger partial charge < -0.3 is 5.11 Å². The predicted molar refractivity (Wildman–Crippen MR) is 33.6 cm³/mol. The summed E-state index contributed by atoms with van der Waals surface area (Å²) in [5, 5.41) is 8.44. The number of likely N-dealkylation sites (N-methyl/N-ethyl adjacent to an activating group) is 1. The second kappa shape index (κ2) is 2.41. The van der Waals surface area contributed by atoms with Crippen molar-refractivity contribution in [3.63, 3.8) is 0 Å². The standard InChI is InChI=1S/C6H9F2NO2/c1-9-3-6(7,8)2-4(9)5(10)11/h4H,2-3H2,1H3,(H,10,11)/t4-/m1/s1. The molecule has 3 nitrogen and oxygen atoms in total. The minimum absolute atomic E-state index is 0.454. The van der Waals surface area contributed by atoms with Gasteiger partial charge in [-0.05, 0) is 7.05 Å². The van der Waals surface area contributed by atoms with Crippen LogP contribution in [0.4, 0.5) is 8.78 Å². The molecule has 0 aromatic heterocycles. The molecule has 1 rings (SSSR count). The van der Waals surface area contributed by atoms with Crippen molar-refractivity contribution in [3.05, 3.63) is 0 Å². The topological polar surface area (TPSA) is 40.5 Å². The maximum Gasteiger partial charge on any atom is 0.321 e. The van der Waals surface area contributed by atoms with E-state index in [9.17, 15) is 13.6 Å². The van der Waals surface area contributed by atoms with Gasteiger partial charge in [0.2, 0.25) is 0 Å². The molecule has 0 spiro atoms.